The third-order valence-corrected chi connectivity index (χ3v) is 4.25. The van der Waals surface area contributed by atoms with Gasteiger partial charge < -0.3 is 14.8 Å². The molecule has 6 nitrogen and oxygen atoms in total. The van der Waals surface area contributed by atoms with Gasteiger partial charge in [0.2, 0.25) is 0 Å². The molecule has 0 bridgehead atoms. The van der Waals surface area contributed by atoms with E-state index in [-0.39, 0.29) is 18.2 Å². The third kappa shape index (κ3) is 3.55. The highest BCUT2D eigenvalue weighted by Crippen LogP contribution is 2.33. The van der Waals surface area contributed by atoms with Crippen LogP contribution in [0.2, 0.25) is 0 Å². The summed E-state index contributed by atoms with van der Waals surface area (Å²) in [4.78, 5) is 26.0. The van der Waals surface area contributed by atoms with Gasteiger partial charge in [0.1, 0.15) is 5.54 Å². The smallest absolute Gasteiger partial charge is 0.325 e. The lowest BCUT2D eigenvalue weighted by molar-refractivity contribution is -0.144. The predicted molar refractivity (Wildman–Crippen MR) is 77.7 cm³/mol. The Balaban J connectivity index is 1.93. The number of hydrogen-bond donors (Lipinski definition) is 1. The van der Waals surface area contributed by atoms with E-state index >= 15 is 0 Å². The molecule has 0 radical (unpaired) electrons. The molecule has 120 valence electrons. The van der Waals surface area contributed by atoms with Crippen LogP contribution < -0.4 is 5.32 Å². The number of carbonyl (C=O) groups is 2. The molecule has 1 aliphatic heterocycles. The number of amides is 3. The van der Waals surface area contributed by atoms with Crippen molar-refractivity contribution in [3.63, 3.8) is 0 Å². The second-order valence-corrected chi connectivity index (χ2v) is 5.66. The van der Waals surface area contributed by atoms with Crippen LogP contribution in [-0.2, 0) is 14.3 Å². The van der Waals surface area contributed by atoms with Gasteiger partial charge in [-0.25, -0.2) is 4.79 Å². The van der Waals surface area contributed by atoms with Gasteiger partial charge >= 0.3 is 6.03 Å². The second-order valence-electron chi connectivity index (χ2n) is 5.66. The number of nitrogens with zero attached hydrogens (tertiary/aromatic N) is 1. The average Bonchev–Trinajstić information content (AvgIpc) is 2.69. The van der Waals surface area contributed by atoms with Gasteiger partial charge in [-0.3, -0.25) is 9.69 Å². The van der Waals surface area contributed by atoms with Crippen molar-refractivity contribution in [2.75, 3.05) is 19.8 Å². The van der Waals surface area contributed by atoms with Crippen molar-refractivity contribution in [2.45, 2.75) is 64.2 Å². The van der Waals surface area contributed by atoms with E-state index in [4.69, 9.17) is 9.47 Å². The summed E-state index contributed by atoms with van der Waals surface area (Å²) in [7, 11) is 0. The second kappa shape index (κ2) is 7.22. The van der Waals surface area contributed by atoms with E-state index < -0.39 is 5.54 Å². The lowest BCUT2D eigenvalue weighted by Crippen LogP contribution is -2.48. The van der Waals surface area contributed by atoms with Crippen LogP contribution in [0, 0.1) is 0 Å². The van der Waals surface area contributed by atoms with Crippen LogP contribution in [0.3, 0.4) is 0 Å². The van der Waals surface area contributed by atoms with Crippen LogP contribution in [0.4, 0.5) is 4.79 Å². The van der Waals surface area contributed by atoms with Crippen LogP contribution in [0.25, 0.3) is 0 Å². The summed E-state index contributed by atoms with van der Waals surface area (Å²) < 4.78 is 10.9. The van der Waals surface area contributed by atoms with Gasteiger partial charge in [0.25, 0.3) is 5.91 Å². The summed E-state index contributed by atoms with van der Waals surface area (Å²) in [6.07, 6.45) is 4.81. The van der Waals surface area contributed by atoms with Crippen molar-refractivity contribution in [3.8, 4) is 0 Å². The summed E-state index contributed by atoms with van der Waals surface area (Å²) in [6.45, 7) is 5.24. The number of carbonyl (C=O) groups excluding carboxylic acids is 2. The third-order valence-electron chi connectivity index (χ3n) is 4.25. The number of ether oxygens (including phenoxy) is 2. The predicted octanol–water partition coefficient (Wildman–Crippen LogP) is 2.03. The van der Waals surface area contributed by atoms with Crippen molar-refractivity contribution in [1.82, 2.24) is 10.2 Å². The summed E-state index contributed by atoms with van der Waals surface area (Å²) in [6, 6.07) is -0.270. The molecule has 2 fully saturated rings. The molecular weight excluding hydrogens is 272 g/mol. The maximum atomic E-state index is 12.6. The fourth-order valence-corrected chi connectivity index (χ4v) is 3.19. The van der Waals surface area contributed by atoms with Crippen LogP contribution in [0.5, 0.6) is 0 Å². The molecule has 1 N–H and O–H groups in total. The summed E-state index contributed by atoms with van der Waals surface area (Å²) >= 11 is 0. The zero-order chi connectivity index (χ0) is 15.3. The molecule has 0 aromatic heterocycles. The first-order valence-electron chi connectivity index (χ1n) is 8.00. The van der Waals surface area contributed by atoms with Crippen LogP contribution >= 0.6 is 0 Å². The molecule has 0 aromatic rings. The lowest BCUT2D eigenvalue weighted by atomic mass is 9.82. The normalized spacial score (nSPS) is 21.4. The number of rotatable bonds is 7. The maximum Gasteiger partial charge on any atom is 0.325 e. The Kier molecular flexibility index (Phi) is 5.58. The Bertz CT molecular complexity index is 374. The highest BCUT2D eigenvalue weighted by Gasteiger charge is 2.51. The summed E-state index contributed by atoms with van der Waals surface area (Å²) in [5.41, 5.74) is -0.637. The fraction of sp³-hybridized carbons (Fsp3) is 0.867. The molecule has 1 saturated heterocycles. The lowest BCUT2D eigenvalue weighted by Gasteiger charge is -2.30. The monoisotopic (exact) mass is 298 g/mol. The molecule has 3 amide bonds. The number of urea groups is 1. The molecule has 2 aliphatic rings. The number of nitrogens with one attached hydrogen (secondary N) is 1. The van der Waals surface area contributed by atoms with Crippen LogP contribution in [-0.4, -0.2) is 48.4 Å². The van der Waals surface area contributed by atoms with Crippen LogP contribution in [0.15, 0.2) is 0 Å². The Hall–Kier alpha value is -1.14. The molecule has 1 saturated carbocycles. The molecular formula is C15H26N2O4. The standard InChI is InChI=1S/C15H26N2O4/c1-3-20-12(21-4-2)8-11-17-13(18)15(16-14(17)19)9-6-5-7-10-15/h12H,3-11H2,1-2H3,(H,16,19). The molecule has 0 unspecified atom stereocenters. The molecule has 6 heteroatoms. The topological polar surface area (TPSA) is 67.9 Å². The van der Waals surface area contributed by atoms with Crippen molar-refractivity contribution >= 4 is 11.9 Å². The van der Waals surface area contributed by atoms with Gasteiger partial charge in [0, 0.05) is 26.2 Å². The Morgan fingerprint density at radius 2 is 1.76 bits per heavy atom. The minimum Gasteiger partial charge on any atom is -0.353 e. The Morgan fingerprint density at radius 3 is 2.33 bits per heavy atom. The minimum atomic E-state index is -0.637. The van der Waals surface area contributed by atoms with Crippen molar-refractivity contribution in [2.24, 2.45) is 0 Å². The van der Waals surface area contributed by atoms with Gasteiger partial charge in [-0.05, 0) is 26.7 Å². The van der Waals surface area contributed by atoms with Gasteiger partial charge in [-0.2, -0.15) is 0 Å². The largest absolute Gasteiger partial charge is 0.353 e. The highest BCUT2D eigenvalue weighted by atomic mass is 16.7. The molecule has 1 aliphatic carbocycles. The zero-order valence-electron chi connectivity index (χ0n) is 13.0. The zero-order valence-corrected chi connectivity index (χ0v) is 13.0. The molecule has 0 aromatic carbocycles. The molecule has 1 heterocycles. The highest BCUT2D eigenvalue weighted by molar-refractivity contribution is 6.07. The maximum absolute atomic E-state index is 12.6. The van der Waals surface area contributed by atoms with E-state index in [9.17, 15) is 9.59 Å². The van der Waals surface area contributed by atoms with Crippen molar-refractivity contribution < 1.29 is 19.1 Å². The van der Waals surface area contributed by atoms with Crippen LogP contribution in [0.1, 0.15) is 52.4 Å². The van der Waals surface area contributed by atoms with E-state index in [1.807, 2.05) is 13.8 Å². The quantitative estimate of drug-likeness (QED) is 0.577. The van der Waals surface area contributed by atoms with E-state index in [0.29, 0.717) is 26.2 Å². The SMILES string of the molecule is CCOC(CCN1C(=O)NC2(CCCCC2)C1=O)OCC. The van der Waals surface area contributed by atoms with Crippen molar-refractivity contribution in [3.05, 3.63) is 0 Å². The molecule has 0 atom stereocenters. The number of imide groups is 1. The van der Waals surface area contributed by atoms with Crippen molar-refractivity contribution in [1.29, 1.82) is 0 Å². The van der Waals surface area contributed by atoms with Gasteiger partial charge in [0.15, 0.2) is 6.29 Å². The minimum absolute atomic E-state index is 0.0704. The fourth-order valence-electron chi connectivity index (χ4n) is 3.19. The van der Waals surface area contributed by atoms with E-state index in [2.05, 4.69) is 5.32 Å². The first-order valence-corrected chi connectivity index (χ1v) is 8.00. The number of hydrogen-bond acceptors (Lipinski definition) is 4. The van der Waals surface area contributed by atoms with E-state index in [1.54, 1.807) is 0 Å². The first-order chi connectivity index (χ1) is 10.1. The molecule has 21 heavy (non-hydrogen) atoms. The van der Waals surface area contributed by atoms with Gasteiger partial charge in [-0.15, -0.1) is 0 Å². The van der Waals surface area contributed by atoms with Gasteiger partial charge in [-0.1, -0.05) is 19.3 Å². The molecule has 1 spiro atoms. The molecule has 2 rings (SSSR count). The van der Waals surface area contributed by atoms with Gasteiger partial charge in [0.05, 0.1) is 0 Å². The van der Waals surface area contributed by atoms with E-state index in [0.717, 1.165) is 32.1 Å². The average molecular weight is 298 g/mol. The van der Waals surface area contributed by atoms with E-state index in [1.165, 1.54) is 4.90 Å². The summed E-state index contributed by atoms with van der Waals surface area (Å²) in [5.74, 6) is -0.0704. The summed E-state index contributed by atoms with van der Waals surface area (Å²) in [5, 5.41) is 2.91. The first kappa shape index (κ1) is 16.2. The Morgan fingerprint density at radius 1 is 1.14 bits per heavy atom. The Labute approximate surface area is 126 Å².